The van der Waals surface area contributed by atoms with Gasteiger partial charge in [0.15, 0.2) is 0 Å². The van der Waals surface area contributed by atoms with E-state index < -0.39 is 11.4 Å². The predicted molar refractivity (Wildman–Crippen MR) is 74.7 cm³/mol. The molecule has 4 heteroatoms. The average molecular weight is 276 g/mol. The lowest BCUT2D eigenvalue weighted by atomic mass is 9.84. The Morgan fingerprint density at radius 2 is 1.80 bits per heavy atom. The number of rotatable bonds is 4. The summed E-state index contributed by atoms with van der Waals surface area (Å²) >= 11 is 0. The molecule has 1 fully saturated rings. The number of ether oxygens (including phenoxy) is 2. The Hall–Kier alpha value is -1.71. The summed E-state index contributed by atoms with van der Waals surface area (Å²) in [6.45, 7) is 0. The van der Waals surface area contributed by atoms with Crippen molar-refractivity contribution in [1.82, 2.24) is 0 Å². The van der Waals surface area contributed by atoms with Crippen LogP contribution in [0.5, 0.6) is 11.5 Å². The Kier molecular flexibility index (Phi) is 3.11. The molecule has 0 spiro atoms. The second-order valence-electron chi connectivity index (χ2n) is 5.71. The van der Waals surface area contributed by atoms with Crippen LogP contribution < -0.4 is 9.47 Å². The zero-order valence-electron chi connectivity index (χ0n) is 12.0. The summed E-state index contributed by atoms with van der Waals surface area (Å²) in [7, 11) is 3.29. The summed E-state index contributed by atoms with van der Waals surface area (Å²) in [4.78, 5) is 11.6. The molecule has 0 aromatic heterocycles. The molecule has 0 bridgehead atoms. The van der Waals surface area contributed by atoms with Crippen molar-refractivity contribution < 1.29 is 19.4 Å². The fraction of sp³-hybridized carbons (Fsp3) is 0.562. The van der Waals surface area contributed by atoms with Crippen LogP contribution in [0.1, 0.15) is 42.4 Å². The minimum absolute atomic E-state index is 0.681. The summed E-state index contributed by atoms with van der Waals surface area (Å²) in [6.07, 6.45) is 5.56. The highest BCUT2D eigenvalue weighted by Crippen LogP contribution is 2.54. The van der Waals surface area contributed by atoms with Gasteiger partial charge < -0.3 is 14.6 Å². The van der Waals surface area contributed by atoms with E-state index in [0.717, 1.165) is 48.3 Å². The first-order chi connectivity index (χ1) is 9.64. The number of methoxy groups -OCH3 is 2. The Balaban J connectivity index is 2.22. The molecule has 2 aliphatic rings. The van der Waals surface area contributed by atoms with Gasteiger partial charge in [0.05, 0.1) is 19.6 Å². The van der Waals surface area contributed by atoms with Crippen LogP contribution in [-0.4, -0.2) is 25.3 Å². The lowest BCUT2D eigenvalue weighted by molar-refractivity contribution is -0.140. The number of benzene rings is 1. The maximum absolute atomic E-state index is 11.6. The Labute approximate surface area is 118 Å². The van der Waals surface area contributed by atoms with Gasteiger partial charge in [-0.05, 0) is 44.6 Å². The Morgan fingerprint density at radius 1 is 1.15 bits per heavy atom. The molecule has 3 rings (SSSR count). The average Bonchev–Trinajstić information content (AvgIpc) is 3.27. The molecule has 1 aromatic carbocycles. The van der Waals surface area contributed by atoms with Crippen molar-refractivity contribution in [1.29, 1.82) is 0 Å². The zero-order chi connectivity index (χ0) is 14.3. The topological polar surface area (TPSA) is 55.8 Å². The molecule has 1 N–H and O–H groups in total. The zero-order valence-corrected chi connectivity index (χ0v) is 12.0. The first-order valence-electron chi connectivity index (χ1n) is 7.14. The molecule has 0 atom stereocenters. The van der Waals surface area contributed by atoms with Crippen LogP contribution >= 0.6 is 0 Å². The van der Waals surface area contributed by atoms with E-state index >= 15 is 0 Å². The third-order valence-corrected chi connectivity index (χ3v) is 4.66. The van der Waals surface area contributed by atoms with Crippen molar-refractivity contribution >= 4 is 5.97 Å². The van der Waals surface area contributed by atoms with E-state index in [1.807, 2.05) is 6.07 Å². The van der Waals surface area contributed by atoms with E-state index in [1.165, 1.54) is 5.56 Å². The fourth-order valence-corrected chi connectivity index (χ4v) is 3.37. The minimum atomic E-state index is -0.759. The van der Waals surface area contributed by atoms with Crippen molar-refractivity contribution in [2.75, 3.05) is 14.2 Å². The van der Waals surface area contributed by atoms with Gasteiger partial charge >= 0.3 is 5.97 Å². The van der Waals surface area contributed by atoms with Gasteiger partial charge in [-0.1, -0.05) is 0 Å². The first-order valence-corrected chi connectivity index (χ1v) is 7.14. The van der Waals surface area contributed by atoms with Crippen molar-refractivity contribution in [3.63, 3.8) is 0 Å². The van der Waals surface area contributed by atoms with Crippen LogP contribution in [0.15, 0.2) is 6.07 Å². The molecule has 0 radical (unpaired) electrons. The third-order valence-electron chi connectivity index (χ3n) is 4.66. The highest BCUT2D eigenvalue weighted by Gasteiger charge is 2.54. The molecule has 1 saturated carbocycles. The Bertz CT molecular complexity index is 558. The summed E-state index contributed by atoms with van der Waals surface area (Å²) in [5.41, 5.74) is 2.39. The van der Waals surface area contributed by atoms with Crippen molar-refractivity contribution in [3.8, 4) is 11.5 Å². The number of carboxylic acids is 1. The van der Waals surface area contributed by atoms with Gasteiger partial charge in [0.2, 0.25) is 0 Å². The first kappa shape index (κ1) is 13.3. The van der Waals surface area contributed by atoms with Gasteiger partial charge in [-0.25, -0.2) is 0 Å². The second-order valence-corrected chi connectivity index (χ2v) is 5.71. The normalized spacial score (nSPS) is 19.1. The van der Waals surface area contributed by atoms with Gasteiger partial charge in [-0.3, -0.25) is 4.79 Å². The van der Waals surface area contributed by atoms with Gasteiger partial charge in [0, 0.05) is 16.7 Å². The van der Waals surface area contributed by atoms with Gasteiger partial charge in [-0.2, -0.15) is 0 Å². The summed E-state index contributed by atoms with van der Waals surface area (Å²) in [5.74, 6) is 0.844. The molecule has 4 nitrogen and oxygen atoms in total. The van der Waals surface area contributed by atoms with E-state index in [9.17, 15) is 9.90 Å². The van der Waals surface area contributed by atoms with E-state index in [4.69, 9.17) is 9.47 Å². The monoisotopic (exact) mass is 276 g/mol. The Morgan fingerprint density at radius 3 is 2.30 bits per heavy atom. The fourth-order valence-electron chi connectivity index (χ4n) is 3.37. The number of hydrogen-bond donors (Lipinski definition) is 1. The standard InChI is InChI=1S/C16H20O4/c1-19-13-9-12(16(7-8-16)15(17)18)14(20-2)11-6-4-3-5-10(11)13/h9H,3-8H2,1-2H3,(H,17,18). The quantitative estimate of drug-likeness (QED) is 0.918. The lowest BCUT2D eigenvalue weighted by Gasteiger charge is -2.25. The van der Waals surface area contributed by atoms with Crippen LogP contribution in [0.2, 0.25) is 0 Å². The molecule has 0 unspecified atom stereocenters. The van der Waals surface area contributed by atoms with Crippen LogP contribution in [-0.2, 0) is 23.1 Å². The van der Waals surface area contributed by atoms with Crippen LogP contribution in [0.25, 0.3) is 0 Å². The molecule has 0 aliphatic heterocycles. The van der Waals surface area contributed by atoms with Crippen molar-refractivity contribution in [3.05, 3.63) is 22.8 Å². The SMILES string of the molecule is COc1cc(C2(C(=O)O)CC2)c(OC)c2c1CCCC2. The maximum Gasteiger partial charge on any atom is 0.314 e. The second kappa shape index (κ2) is 4.69. The highest BCUT2D eigenvalue weighted by atomic mass is 16.5. The van der Waals surface area contributed by atoms with Crippen molar-refractivity contribution in [2.45, 2.75) is 43.9 Å². The molecule has 2 aliphatic carbocycles. The lowest BCUT2D eigenvalue weighted by Crippen LogP contribution is -2.22. The van der Waals surface area contributed by atoms with E-state index in [0.29, 0.717) is 12.8 Å². The molecular formula is C16H20O4. The largest absolute Gasteiger partial charge is 0.496 e. The summed E-state index contributed by atoms with van der Waals surface area (Å²) < 4.78 is 11.1. The number of aliphatic carboxylic acids is 1. The predicted octanol–water partition coefficient (Wildman–Crippen LogP) is 2.70. The third kappa shape index (κ3) is 1.78. The summed E-state index contributed by atoms with van der Waals surface area (Å²) in [6, 6.07) is 1.89. The minimum Gasteiger partial charge on any atom is -0.496 e. The molecule has 108 valence electrons. The number of carbonyl (C=O) groups is 1. The van der Waals surface area contributed by atoms with E-state index in [2.05, 4.69) is 0 Å². The maximum atomic E-state index is 11.6. The van der Waals surface area contributed by atoms with E-state index in [1.54, 1.807) is 14.2 Å². The van der Waals surface area contributed by atoms with Crippen LogP contribution in [0, 0.1) is 0 Å². The van der Waals surface area contributed by atoms with Crippen molar-refractivity contribution in [2.24, 2.45) is 0 Å². The number of carboxylic acid groups (broad SMARTS) is 1. The van der Waals surface area contributed by atoms with Crippen LogP contribution in [0.3, 0.4) is 0 Å². The molecular weight excluding hydrogens is 256 g/mol. The smallest absolute Gasteiger partial charge is 0.314 e. The molecule has 0 amide bonds. The highest BCUT2D eigenvalue weighted by molar-refractivity contribution is 5.86. The van der Waals surface area contributed by atoms with Gasteiger partial charge in [0.25, 0.3) is 0 Å². The number of fused-ring (bicyclic) bond motifs is 1. The molecule has 0 heterocycles. The molecule has 1 aromatic rings. The van der Waals surface area contributed by atoms with Gasteiger partial charge in [-0.15, -0.1) is 0 Å². The van der Waals surface area contributed by atoms with Crippen LogP contribution in [0.4, 0.5) is 0 Å². The molecule has 20 heavy (non-hydrogen) atoms. The number of hydrogen-bond acceptors (Lipinski definition) is 3. The van der Waals surface area contributed by atoms with E-state index in [-0.39, 0.29) is 0 Å². The summed E-state index contributed by atoms with van der Waals surface area (Å²) in [5, 5.41) is 9.55. The van der Waals surface area contributed by atoms with Gasteiger partial charge in [0.1, 0.15) is 11.5 Å². The molecule has 0 saturated heterocycles.